The van der Waals surface area contributed by atoms with E-state index < -0.39 is 15.7 Å². The quantitative estimate of drug-likeness (QED) is 0.699. The third-order valence-electron chi connectivity index (χ3n) is 1.81. The van der Waals surface area contributed by atoms with Crippen molar-refractivity contribution >= 4 is 16.1 Å². The molecule has 0 aliphatic heterocycles. The fourth-order valence-corrected chi connectivity index (χ4v) is 1.93. The van der Waals surface area contributed by atoms with Gasteiger partial charge in [0, 0.05) is 28.2 Å². The Kier molecular flexibility index (Phi) is 4.26. The van der Waals surface area contributed by atoms with Gasteiger partial charge in [-0.1, -0.05) is 0 Å². The van der Waals surface area contributed by atoms with Crippen LogP contribution in [0.2, 0.25) is 0 Å². The van der Waals surface area contributed by atoms with Gasteiger partial charge in [-0.25, -0.2) is 0 Å². The average Bonchev–Trinajstić information content (AvgIpc) is 2.00. The zero-order valence-corrected chi connectivity index (χ0v) is 10.8. The van der Waals surface area contributed by atoms with Crippen LogP contribution in [0.5, 0.6) is 0 Å². The molecule has 15 heavy (non-hydrogen) atoms. The maximum Gasteiger partial charge on any atom is 0.279 e. The number of hydrogen-bond donors (Lipinski definition) is 1. The lowest BCUT2D eigenvalue weighted by Gasteiger charge is -2.29. The lowest BCUT2D eigenvalue weighted by molar-refractivity contribution is -0.133. The largest absolute Gasteiger partial charge is 0.347 e. The van der Waals surface area contributed by atoms with Gasteiger partial charge in [0.1, 0.15) is 5.54 Å². The van der Waals surface area contributed by atoms with Gasteiger partial charge in [0.2, 0.25) is 5.91 Å². The lowest BCUT2D eigenvalue weighted by Crippen LogP contribution is -2.56. The number of rotatable bonds is 4. The van der Waals surface area contributed by atoms with E-state index >= 15 is 0 Å². The monoisotopic (exact) mass is 237 g/mol. The van der Waals surface area contributed by atoms with Crippen molar-refractivity contribution in [3.05, 3.63) is 0 Å². The first-order valence-electron chi connectivity index (χ1n) is 4.44. The second kappa shape index (κ2) is 4.46. The van der Waals surface area contributed by atoms with Gasteiger partial charge in [-0.05, 0) is 13.8 Å². The van der Waals surface area contributed by atoms with Crippen LogP contribution >= 0.6 is 0 Å². The molecule has 0 aliphatic rings. The molecular weight excluding hydrogens is 218 g/mol. The molecule has 0 aliphatic carbocycles. The minimum atomic E-state index is -3.60. The summed E-state index contributed by atoms with van der Waals surface area (Å²) in [6, 6.07) is 0. The normalized spacial score (nSPS) is 13.0. The number of nitrogens with one attached hydrogen (secondary N) is 1. The van der Waals surface area contributed by atoms with Crippen LogP contribution in [0.4, 0.5) is 0 Å². The highest BCUT2D eigenvalue weighted by atomic mass is 32.2. The van der Waals surface area contributed by atoms with E-state index in [1.807, 2.05) is 0 Å². The predicted octanol–water partition coefficient (Wildman–Crippen LogP) is -0.751. The van der Waals surface area contributed by atoms with Crippen molar-refractivity contribution in [1.82, 2.24) is 13.9 Å². The van der Waals surface area contributed by atoms with E-state index in [1.165, 1.54) is 32.8 Å². The van der Waals surface area contributed by atoms with Crippen LogP contribution in [0.15, 0.2) is 0 Å². The Morgan fingerprint density at radius 2 is 1.53 bits per heavy atom. The summed E-state index contributed by atoms with van der Waals surface area (Å²) in [6.45, 7) is 3.05. The van der Waals surface area contributed by atoms with Crippen LogP contribution in [0, 0.1) is 0 Å². The zero-order chi connectivity index (χ0) is 12.4. The molecule has 0 aromatic rings. The second-order valence-corrected chi connectivity index (χ2v) is 6.10. The molecule has 90 valence electrons. The van der Waals surface area contributed by atoms with Crippen LogP contribution in [0.3, 0.4) is 0 Å². The van der Waals surface area contributed by atoms with Crippen LogP contribution in [0.25, 0.3) is 0 Å². The topological polar surface area (TPSA) is 69.7 Å². The van der Waals surface area contributed by atoms with E-state index in [4.69, 9.17) is 0 Å². The van der Waals surface area contributed by atoms with Gasteiger partial charge in [0.25, 0.3) is 10.2 Å². The van der Waals surface area contributed by atoms with Crippen molar-refractivity contribution in [1.29, 1.82) is 0 Å². The fraction of sp³-hybridized carbons (Fsp3) is 0.875. The summed E-state index contributed by atoms with van der Waals surface area (Å²) >= 11 is 0. The number of nitrogens with zero attached hydrogens (tertiary/aromatic N) is 2. The highest BCUT2D eigenvalue weighted by molar-refractivity contribution is 7.87. The number of carbonyl (C=O) groups excluding carboxylic acids is 1. The van der Waals surface area contributed by atoms with Crippen molar-refractivity contribution in [2.24, 2.45) is 0 Å². The van der Waals surface area contributed by atoms with Gasteiger partial charge in [-0.15, -0.1) is 0 Å². The molecule has 0 aromatic carbocycles. The van der Waals surface area contributed by atoms with Crippen LogP contribution in [0.1, 0.15) is 13.8 Å². The molecule has 0 saturated heterocycles. The SMILES string of the molecule is CN(C)C(=O)C(C)(C)NS(=O)(=O)N(C)C. The van der Waals surface area contributed by atoms with E-state index in [-0.39, 0.29) is 5.91 Å². The Bertz CT molecular complexity index is 333. The van der Waals surface area contributed by atoms with Crippen molar-refractivity contribution < 1.29 is 13.2 Å². The Balaban J connectivity index is 4.88. The molecule has 1 N–H and O–H groups in total. The number of hydrogen-bond acceptors (Lipinski definition) is 3. The maximum absolute atomic E-state index is 11.6. The summed E-state index contributed by atoms with van der Waals surface area (Å²) in [5.74, 6) is -0.298. The molecule has 0 atom stereocenters. The number of likely N-dealkylation sites (N-methyl/N-ethyl adjacent to an activating group) is 1. The second-order valence-electron chi connectivity index (χ2n) is 4.21. The highest BCUT2D eigenvalue weighted by Crippen LogP contribution is 2.08. The standard InChI is InChI=1S/C8H19N3O3S/c1-8(2,7(12)10(3)4)9-15(13,14)11(5)6/h9H,1-6H3. The first kappa shape index (κ1) is 14.3. The molecule has 0 bridgehead atoms. The van der Waals surface area contributed by atoms with Crippen LogP contribution in [-0.4, -0.2) is 57.3 Å². The summed E-state index contributed by atoms with van der Waals surface area (Å²) in [7, 11) is 2.36. The summed E-state index contributed by atoms with van der Waals surface area (Å²) in [5, 5.41) is 0. The van der Waals surface area contributed by atoms with Gasteiger partial charge < -0.3 is 4.90 Å². The molecule has 0 saturated carbocycles. The van der Waals surface area contributed by atoms with E-state index in [0.717, 1.165) is 4.31 Å². The van der Waals surface area contributed by atoms with Crippen molar-refractivity contribution in [3.63, 3.8) is 0 Å². The molecule has 0 radical (unpaired) electrons. The van der Waals surface area contributed by atoms with Crippen molar-refractivity contribution in [2.75, 3.05) is 28.2 Å². The van der Waals surface area contributed by atoms with Crippen LogP contribution < -0.4 is 4.72 Å². The minimum absolute atomic E-state index is 0.298. The average molecular weight is 237 g/mol. The maximum atomic E-state index is 11.6. The van der Waals surface area contributed by atoms with Crippen molar-refractivity contribution in [3.8, 4) is 0 Å². The summed E-state index contributed by atoms with van der Waals surface area (Å²) in [4.78, 5) is 13.0. The highest BCUT2D eigenvalue weighted by Gasteiger charge is 2.34. The molecule has 0 rings (SSSR count). The van der Waals surface area contributed by atoms with E-state index in [1.54, 1.807) is 14.1 Å². The van der Waals surface area contributed by atoms with Crippen LogP contribution in [-0.2, 0) is 15.0 Å². The Morgan fingerprint density at radius 3 is 1.80 bits per heavy atom. The van der Waals surface area contributed by atoms with Gasteiger partial charge in [-0.2, -0.15) is 17.4 Å². The van der Waals surface area contributed by atoms with Crippen molar-refractivity contribution in [2.45, 2.75) is 19.4 Å². The number of carbonyl (C=O) groups is 1. The van der Waals surface area contributed by atoms with E-state index in [9.17, 15) is 13.2 Å². The van der Waals surface area contributed by atoms with Gasteiger partial charge in [-0.3, -0.25) is 4.79 Å². The lowest BCUT2D eigenvalue weighted by atomic mass is 10.1. The first-order valence-corrected chi connectivity index (χ1v) is 5.88. The first-order chi connectivity index (χ1) is 6.50. The Hall–Kier alpha value is -0.660. The summed E-state index contributed by atoms with van der Waals surface area (Å²) < 4.78 is 26.4. The molecule has 0 unspecified atom stereocenters. The molecule has 0 heterocycles. The minimum Gasteiger partial charge on any atom is -0.347 e. The molecule has 6 nitrogen and oxygen atoms in total. The third kappa shape index (κ3) is 3.77. The Morgan fingerprint density at radius 1 is 1.13 bits per heavy atom. The Labute approximate surface area is 91.4 Å². The summed E-state index contributed by atoms with van der Waals surface area (Å²) in [5.41, 5.74) is -1.15. The fourth-order valence-electron chi connectivity index (χ4n) is 1.02. The van der Waals surface area contributed by atoms with Gasteiger partial charge in [0.05, 0.1) is 0 Å². The third-order valence-corrected chi connectivity index (χ3v) is 3.54. The number of amides is 1. The smallest absolute Gasteiger partial charge is 0.279 e. The molecule has 1 amide bonds. The van der Waals surface area contributed by atoms with E-state index in [0.29, 0.717) is 0 Å². The molecule has 0 aromatic heterocycles. The molecule has 7 heteroatoms. The summed E-state index contributed by atoms with van der Waals surface area (Å²) in [6.07, 6.45) is 0. The molecular formula is C8H19N3O3S. The zero-order valence-electron chi connectivity index (χ0n) is 10.0. The molecule has 0 fully saturated rings. The van der Waals surface area contributed by atoms with E-state index in [2.05, 4.69) is 4.72 Å². The molecule has 0 spiro atoms. The predicted molar refractivity (Wildman–Crippen MR) is 58.5 cm³/mol. The van der Waals surface area contributed by atoms with Gasteiger partial charge >= 0.3 is 0 Å². The van der Waals surface area contributed by atoms with Gasteiger partial charge in [0.15, 0.2) is 0 Å².